The summed E-state index contributed by atoms with van der Waals surface area (Å²) in [6.45, 7) is 8.13. The minimum absolute atomic E-state index is 0.0689. The van der Waals surface area contributed by atoms with Crippen molar-refractivity contribution in [1.82, 2.24) is 0 Å². The summed E-state index contributed by atoms with van der Waals surface area (Å²) in [5, 5.41) is 0. The van der Waals surface area contributed by atoms with E-state index in [0.29, 0.717) is 12.8 Å². The lowest BCUT2D eigenvalue weighted by Crippen LogP contribution is -2.23. The summed E-state index contributed by atoms with van der Waals surface area (Å²) in [6.07, 6.45) is 9.88. The second kappa shape index (κ2) is 13.6. The smallest absolute Gasteiger partial charge is 0.184 e. The van der Waals surface area contributed by atoms with Crippen molar-refractivity contribution in [2.75, 3.05) is 0 Å². The van der Waals surface area contributed by atoms with Crippen LogP contribution in [0.3, 0.4) is 0 Å². The van der Waals surface area contributed by atoms with Crippen molar-refractivity contribution in [3.05, 3.63) is 0 Å². The van der Waals surface area contributed by atoms with Crippen LogP contribution in [0.4, 0.5) is 0 Å². The Labute approximate surface area is 151 Å². The van der Waals surface area contributed by atoms with Gasteiger partial charge in [-0.2, -0.15) is 16.8 Å². The largest absolute Gasteiger partial charge is 0.218 e. The van der Waals surface area contributed by atoms with Crippen LogP contribution in [0, 0.1) is 11.8 Å². The van der Waals surface area contributed by atoms with E-state index in [-0.39, 0.29) is 15.6 Å². The molecule has 0 aromatic heterocycles. The number of hydrogen-bond acceptors (Lipinski definition) is 4. The fourth-order valence-corrected chi connectivity index (χ4v) is 4.56. The fraction of sp³-hybridized carbons (Fsp3) is 0.889. The average molecular weight is 379 g/mol. The van der Waals surface area contributed by atoms with Gasteiger partial charge in [-0.15, -0.1) is 0 Å². The molecule has 0 saturated heterocycles. The van der Waals surface area contributed by atoms with Gasteiger partial charge in [-0.05, 0) is 31.1 Å². The van der Waals surface area contributed by atoms with Crippen molar-refractivity contribution in [3.8, 4) is 0 Å². The van der Waals surface area contributed by atoms with Gasteiger partial charge in [0.2, 0.25) is 20.6 Å². The Hall–Kier alpha value is -0.620. The molecule has 24 heavy (non-hydrogen) atoms. The Balaban J connectivity index is 4.32. The Morgan fingerprint density at radius 3 is 1.75 bits per heavy atom. The van der Waals surface area contributed by atoms with Crippen molar-refractivity contribution < 1.29 is 16.8 Å². The molecule has 0 fully saturated rings. The molecule has 0 aliphatic heterocycles. The van der Waals surface area contributed by atoms with E-state index in [2.05, 4.69) is 13.8 Å². The Morgan fingerprint density at radius 2 is 1.29 bits per heavy atom. The zero-order chi connectivity index (χ0) is 18.5. The van der Waals surface area contributed by atoms with Crippen LogP contribution in [0.1, 0.15) is 91.9 Å². The molecule has 0 aliphatic carbocycles. The SMILES string of the molecule is CCC(C)CCCCCCCCC(C(C(C)CC)=S(=O)=O)=S(=O)=O. The van der Waals surface area contributed by atoms with E-state index in [9.17, 15) is 16.8 Å². The minimum Gasteiger partial charge on any atom is -0.184 e. The van der Waals surface area contributed by atoms with E-state index < -0.39 is 20.6 Å². The molecule has 0 radical (unpaired) electrons. The van der Waals surface area contributed by atoms with Crippen molar-refractivity contribution in [2.45, 2.75) is 91.9 Å². The molecule has 142 valence electrons. The van der Waals surface area contributed by atoms with Gasteiger partial charge in [0.1, 0.15) is 0 Å². The first-order valence-electron chi connectivity index (χ1n) is 9.26. The molecule has 0 aromatic rings. The topological polar surface area (TPSA) is 68.3 Å². The lowest BCUT2D eigenvalue weighted by molar-refractivity contribution is 0.471. The van der Waals surface area contributed by atoms with Crippen molar-refractivity contribution in [1.29, 1.82) is 0 Å². The summed E-state index contributed by atoms with van der Waals surface area (Å²) in [4.78, 5) is 0.147. The lowest BCUT2D eigenvalue weighted by atomic mass is 9.98. The molecule has 0 spiro atoms. The average Bonchev–Trinajstić information content (AvgIpc) is 2.54. The highest BCUT2D eigenvalue weighted by Gasteiger charge is 2.18. The first-order chi connectivity index (χ1) is 11.3. The Bertz CT molecular complexity index is 599. The summed E-state index contributed by atoms with van der Waals surface area (Å²) in [6, 6.07) is 0. The highest BCUT2D eigenvalue weighted by Crippen LogP contribution is 2.15. The third-order valence-corrected chi connectivity index (χ3v) is 6.73. The molecule has 4 nitrogen and oxygen atoms in total. The van der Waals surface area contributed by atoms with Gasteiger partial charge in [-0.1, -0.05) is 72.6 Å². The molecule has 0 saturated carbocycles. The second-order valence-electron chi connectivity index (χ2n) is 6.74. The van der Waals surface area contributed by atoms with Crippen LogP contribution in [0.15, 0.2) is 0 Å². The molecular formula is C18H34O4S2. The third-order valence-electron chi connectivity index (χ3n) is 4.76. The minimum atomic E-state index is -2.46. The zero-order valence-electron chi connectivity index (χ0n) is 15.7. The molecule has 2 unspecified atom stereocenters. The standard InChI is InChI=1S/C18H34O4S2/c1-5-15(3)13-11-9-7-8-10-12-14-17(23(19)20)18(24(21)22)16(4)6-2/h15-16H,5-14H2,1-4H3. The van der Waals surface area contributed by atoms with E-state index in [4.69, 9.17) is 0 Å². The van der Waals surface area contributed by atoms with E-state index in [1.165, 1.54) is 32.1 Å². The van der Waals surface area contributed by atoms with Crippen LogP contribution < -0.4 is 0 Å². The molecule has 2 atom stereocenters. The number of rotatable bonds is 13. The highest BCUT2D eigenvalue weighted by molar-refractivity contribution is 7.82. The van der Waals surface area contributed by atoms with Crippen LogP contribution in [-0.4, -0.2) is 26.6 Å². The predicted molar refractivity (Wildman–Crippen MR) is 104 cm³/mol. The molecule has 0 aliphatic rings. The third kappa shape index (κ3) is 9.62. The van der Waals surface area contributed by atoms with E-state index in [1.807, 2.05) is 6.92 Å². The summed E-state index contributed by atoms with van der Waals surface area (Å²) in [5.74, 6) is 0.549. The molecule has 0 bridgehead atoms. The highest BCUT2D eigenvalue weighted by atomic mass is 32.2. The van der Waals surface area contributed by atoms with Crippen LogP contribution in [0.5, 0.6) is 0 Å². The maximum absolute atomic E-state index is 11.4. The van der Waals surface area contributed by atoms with Crippen LogP contribution in [-0.2, 0) is 20.6 Å². The molecule has 0 heterocycles. The fourth-order valence-electron chi connectivity index (χ4n) is 2.70. The summed E-state index contributed by atoms with van der Waals surface area (Å²) >= 11 is 0. The summed E-state index contributed by atoms with van der Waals surface area (Å²) in [5.41, 5.74) is 0. The van der Waals surface area contributed by atoms with E-state index >= 15 is 0 Å². The molecule has 0 rings (SSSR count). The van der Waals surface area contributed by atoms with Gasteiger partial charge < -0.3 is 0 Å². The monoisotopic (exact) mass is 378 g/mol. The maximum atomic E-state index is 11.4. The van der Waals surface area contributed by atoms with Crippen LogP contribution in [0.25, 0.3) is 0 Å². The van der Waals surface area contributed by atoms with Gasteiger partial charge in [0.05, 0.1) is 9.73 Å². The van der Waals surface area contributed by atoms with Crippen LogP contribution in [0.2, 0.25) is 0 Å². The van der Waals surface area contributed by atoms with Crippen molar-refractivity contribution in [3.63, 3.8) is 0 Å². The van der Waals surface area contributed by atoms with Crippen molar-refractivity contribution >= 4 is 30.3 Å². The number of hydrogen-bond donors (Lipinski definition) is 0. The summed E-state index contributed by atoms with van der Waals surface area (Å²) in [7, 11) is -4.92. The number of unbranched alkanes of at least 4 members (excludes halogenated alkanes) is 5. The maximum Gasteiger partial charge on any atom is 0.218 e. The quantitative estimate of drug-likeness (QED) is 0.354. The van der Waals surface area contributed by atoms with Gasteiger partial charge >= 0.3 is 0 Å². The van der Waals surface area contributed by atoms with Gasteiger partial charge in [-0.25, -0.2) is 0 Å². The lowest BCUT2D eigenvalue weighted by Gasteiger charge is -2.10. The Kier molecular flexibility index (Phi) is 13.3. The van der Waals surface area contributed by atoms with Crippen LogP contribution >= 0.6 is 0 Å². The van der Waals surface area contributed by atoms with E-state index in [0.717, 1.165) is 25.2 Å². The summed E-state index contributed by atoms with van der Waals surface area (Å²) < 4.78 is 45.7. The van der Waals surface area contributed by atoms with E-state index in [1.54, 1.807) is 6.92 Å². The normalized spacial score (nSPS) is 13.3. The second-order valence-corrected chi connectivity index (χ2v) is 8.61. The van der Waals surface area contributed by atoms with Gasteiger partial charge in [0.25, 0.3) is 0 Å². The Morgan fingerprint density at radius 1 is 0.750 bits per heavy atom. The van der Waals surface area contributed by atoms with Crippen molar-refractivity contribution in [2.24, 2.45) is 11.8 Å². The van der Waals surface area contributed by atoms with Gasteiger partial charge in [0, 0.05) is 0 Å². The molecule has 0 aromatic carbocycles. The molecule has 0 N–H and O–H groups in total. The van der Waals surface area contributed by atoms with Gasteiger partial charge in [-0.3, -0.25) is 0 Å². The molecule has 6 heteroatoms. The first kappa shape index (κ1) is 23.4. The molecular weight excluding hydrogens is 344 g/mol. The van der Waals surface area contributed by atoms with Gasteiger partial charge in [0.15, 0.2) is 0 Å². The first-order valence-corrected chi connectivity index (χ1v) is 11.4. The molecule has 0 amide bonds. The zero-order valence-corrected chi connectivity index (χ0v) is 17.3. The predicted octanol–water partition coefficient (Wildman–Crippen LogP) is 4.30.